The highest BCUT2D eigenvalue weighted by molar-refractivity contribution is 7.91. The van der Waals surface area contributed by atoms with E-state index in [0.717, 1.165) is 12.2 Å². The molecule has 0 aromatic heterocycles. The van der Waals surface area contributed by atoms with Gasteiger partial charge in [-0.2, -0.15) is 0 Å². The lowest BCUT2D eigenvalue weighted by Crippen LogP contribution is -2.13. The van der Waals surface area contributed by atoms with E-state index in [1.165, 1.54) is 24.3 Å². The Bertz CT molecular complexity index is 1110. The monoisotopic (exact) mass is 474 g/mol. The number of ether oxygens (including phenoxy) is 4. The first kappa shape index (κ1) is 25.7. The molecule has 2 rings (SSSR count). The van der Waals surface area contributed by atoms with Gasteiger partial charge in [0.1, 0.15) is 9.79 Å². The van der Waals surface area contributed by atoms with Gasteiger partial charge in [-0.25, -0.2) is 18.0 Å². The smallest absolute Gasteiger partial charge is 0.335 e. The van der Waals surface area contributed by atoms with Crippen LogP contribution in [0.25, 0.3) is 0 Å². The molecule has 0 fully saturated rings. The summed E-state index contributed by atoms with van der Waals surface area (Å²) in [6.45, 7) is 13.6. The minimum absolute atomic E-state index is 0.0359. The average molecular weight is 475 g/mol. The molecule has 33 heavy (non-hydrogen) atoms. The van der Waals surface area contributed by atoms with Crippen LogP contribution in [0.2, 0.25) is 0 Å². The van der Waals surface area contributed by atoms with E-state index in [2.05, 4.69) is 13.2 Å². The fourth-order valence-electron chi connectivity index (χ4n) is 2.93. The van der Waals surface area contributed by atoms with E-state index in [9.17, 15) is 18.0 Å². The van der Waals surface area contributed by atoms with Crippen molar-refractivity contribution in [1.29, 1.82) is 0 Å². The molecule has 0 saturated carbocycles. The molecule has 0 amide bonds. The molecule has 0 aliphatic rings. The van der Waals surface area contributed by atoms with Gasteiger partial charge < -0.3 is 18.9 Å². The lowest BCUT2D eigenvalue weighted by molar-refractivity contribution is -0.130. The zero-order chi connectivity index (χ0) is 24.8. The maximum absolute atomic E-state index is 13.8. The van der Waals surface area contributed by atoms with Gasteiger partial charge in [0.2, 0.25) is 9.84 Å². The van der Waals surface area contributed by atoms with Gasteiger partial charge in [0.15, 0.2) is 23.0 Å². The number of aryl methyl sites for hydroxylation is 2. The predicted octanol–water partition coefficient (Wildman–Crippen LogP) is 4.12. The molecule has 0 aliphatic carbocycles. The molecule has 0 saturated heterocycles. The van der Waals surface area contributed by atoms with Crippen molar-refractivity contribution >= 4 is 21.8 Å². The van der Waals surface area contributed by atoms with Crippen LogP contribution in [0.3, 0.4) is 0 Å². The van der Waals surface area contributed by atoms with Crippen LogP contribution in [0.15, 0.2) is 59.4 Å². The molecule has 9 heteroatoms. The van der Waals surface area contributed by atoms with Crippen LogP contribution < -0.4 is 18.9 Å². The van der Waals surface area contributed by atoms with Crippen LogP contribution in [0.1, 0.15) is 25.0 Å². The first-order valence-corrected chi connectivity index (χ1v) is 11.6. The molecule has 0 atom stereocenters. The molecular formula is C24H26O8S. The average Bonchev–Trinajstić information content (AvgIpc) is 2.78. The van der Waals surface area contributed by atoms with Crippen LogP contribution in [-0.2, 0) is 19.4 Å². The molecular weight excluding hydrogens is 448 g/mol. The number of rotatable bonds is 10. The minimum atomic E-state index is -4.29. The van der Waals surface area contributed by atoms with Gasteiger partial charge in [-0.15, -0.1) is 0 Å². The molecule has 176 valence electrons. The third-order valence-corrected chi connectivity index (χ3v) is 6.24. The van der Waals surface area contributed by atoms with Crippen LogP contribution in [-0.4, -0.2) is 33.6 Å². The Kier molecular flexibility index (Phi) is 8.42. The molecule has 0 spiro atoms. The summed E-state index contributed by atoms with van der Waals surface area (Å²) < 4.78 is 49.3. The topological polar surface area (TPSA) is 105 Å². The quantitative estimate of drug-likeness (QED) is 0.288. The van der Waals surface area contributed by atoms with Crippen molar-refractivity contribution in [3.63, 3.8) is 0 Å². The predicted molar refractivity (Wildman–Crippen MR) is 122 cm³/mol. The highest BCUT2D eigenvalue weighted by Gasteiger charge is 2.32. The summed E-state index contributed by atoms with van der Waals surface area (Å²) in [6.07, 6.45) is 1.92. The van der Waals surface area contributed by atoms with Gasteiger partial charge in [0.25, 0.3) is 0 Å². The number of carbonyl (C=O) groups is 2. The van der Waals surface area contributed by atoms with E-state index < -0.39 is 21.8 Å². The highest BCUT2D eigenvalue weighted by Crippen LogP contribution is 2.45. The summed E-state index contributed by atoms with van der Waals surface area (Å²) in [5, 5.41) is 0. The SMILES string of the molecule is C=CC(=O)Oc1c(C)ccc(S(=O)(=O)c2ccc(C)c(OC(=O)C=C)c2OCC)c1OCC. The van der Waals surface area contributed by atoms with Crippen molar-refractivity contribution in [3.8, 4) is 23.0 Å². The zero-order valence-electron chi connectivity index (χ0n) is 19.0. The maximum Gasteiger partial charge on any atom is 0.335 e. The maximum atomic E-state index is 13.8. The Balaban J connectivity index is 2.83. The van der Waals surface area contributed by atoms with Gasteiger partial charge in [-0.3, -0.25) is 0 Å². The summed E-state index contributed by atoms with van der Waals surface area (Å²) in [5.41, 5.74) is 0.976. The number of sulfone groups is 1. The largest absolute Gasteiger partial charge is 0.489 e. The van der Waals surface area contributed by atoms with Crippen molar-refractivity contribution < 1.29 is 37.0 Å². The van der Waals surface area contributed by atoms with Gasteiger partial charge in [0.05, 0.1) is 13.2 Å². The molecule has 8 nitrogen and oxygen atoms in total. The Morgan fingerprint density at radius 2 is 1.12 bits per heavy atom. The Labute approximate surface area is 193 Å². The van der Waals surface area contributed by atoms with Gasteiger partial charge in [0, 0.05) is 12.2 Å². The van der Waals surface area contributed by atoms with E-state index >= 15 is 0 Å². The van der Waals surface area contributed by atoms with E-state index in [0.29, 0.717) is 11.1 Å². The minimum Gasteiger partial charge on any atom is -0.489 e. The van der Waals surface area contributed by atoms with E-state index in [1.54, 1.807) is 27.7 Å². The van der Waals surface area contributed by atoms with Crippen molar-refractivity contribution in [1.82, 2.24) is 0 Å². The summed E-state index contributed by atoms with van der Waals surface area (Å²) in [5.74, 6) is -1.85. The Morgan fingerprint density at radius 1 is 0.758 bits per heavy atom. The second-order valence-corrected chi connectivity index (χ2v) is 8.58. The van der Waals surface area contributed by atoms with Crippen LogP contribution in [0.5, 0.6) is 23.0 Å². The van der Waals surface area contributed by atoms with Gasteiger partial charge in [-0.1, -0.05) is 25.3 Å². The van der Waals surface area contributed by atoms with Crippen LogP contribution in [0, 0.1) is 13.8 Å². The second-order valence-electron chi connectivity index (χ2n) is 6.70. The first-order chi connectivity index (χ1) is 15.6. The van der Waals surface area contributed by atoms with Crippen molar-refractivity contribution in [2.75, 3.05) is 13.2 Å². The van der Waals surface area contributed by atoms with Crippen molar-refractivity contribution in [2.45, 2.75) is 37.5 Å². The van der Waals surface area contributed by atoms with E-state index in [-0.39, 0.29) is 46.0 Å². The van der Waals surface area contributed by atoms with Crippen molar-refractivity contribution in [3.05, 3.63) is 60.7 Å². The molecule has 0 aliphatic heterocycles. The lowest BCUT2D eigenvalue weighted by Gasteiger charge is -2.19. The standard InChI is InChI=1S/C24H26O8S/c1-7-19(25)31-21-15(5)11-13-17(23(21)29-9-3)33(27,28)18-14-12-16(6)22(24(18)30-10-4)32-20(26)8-2/h7-8,11-14H,1-2,9-10H2,3-6H3. The third-order valence-electron chi connectivity index (χ3n) is 4.44. The third kappa shape index (κ3) is 5.43. The highest BCUT2D eigenvalue weighted by atomic mass is 32.2. The fourth-order valence-corrected chi connectivity index (χ4v) is 4.45. The lowest BCUT2D eigenvalue weighted by atomic mass is 10.2. The van der Waals surface area contributed by atoms with Crippen LogP contribution in [0.4, 0.5) is 0 Å². The fraction of sp³-hybridized carbons (Fsp3) is 0.250. The Morgan fingerprint density at radius 3 is 1.42 bits per heavy atom. The van der Waals surface area contributed by atoms with E-state index in [1.807, 2.05) is 0 Å². The normalized spacial score (nSPS) is 10.8. The number of esters is 2. The van der Waals surface area contributed by atoms with Gasteiger partial charge in [-0.05, 0) is 51.0 Å². The summed E-state index contributed by atoms with van der Waals surface area (Å²) in [4.78, 5) is 23.2. The van der Waals surface area contributed by atoms with E-state index in [4.69, 9.17) is 18.9 Å². The molecule has 0 radical (unpaired) electrons. The summed E-state index contributed by atoms with van der Waals surface area (Å²) >= 11 is 0. The Hall–Kier alpha value is -3.59. The van der Waals surface area contributed by atoms with Crippen molar-refractivity contribution in [2.24, 2.45) is 0 Å². The number of benzene rings is 2. The number of hydrogen-bond donors (Lipinski definition) is 0. The first-order valence-electron chi connectivity index (χ1n) is 10.1. The number of hydrogen-bond acceptors (Lipinski definition) is 8. The molecule has 0 N–H and O–H groups in total. The molecule has 2 aromatic carbocycles. The molecule has 0 bridgehead atoms. The molecule has 2 aromatic rings. The van der Waals surface area contributed by atoms with Gasteiger partial charge >= 0.3 is 11.9 Å². The second kappa shape index (κ2) is 10.8. The van der Waals surface area contributed by atoms with Crippen LogP contribution >= 0.6 is 0 Å². The zero-order valence-corrected chi connectivity index (χ0v) is 19.8. The molecule has 0 unspecified atom stereocenters. The number of carbonyl (C=O) groups excluding carboxylic acids is 2. The summed E-state index contributed by atoms with van der Waals surface area (Å²) in [6, 6.07) is 5.69. The summed E-state index contributed by atoms with van der Waals surface area (Å²) in [7, 11) is -4.29. The molecule has 0 heterocycles.